The van der Waals surface area contributed by atoms with Gasteiger partial charge in [0.2, 0.25) is 5.75 Å². The topological polar surface area (TPSA) is 159 Å². The summed E-state index contributed by atoms with van der Waals surface area (Å²) in [4.78, 5) is 39.2. The molecule has 4 aromatic carbocycles. The van der Waals surface area contributed by atoms with E-state index in [4.69, 9.17) is 14.5 Å². The first-order chi connectivity index (χ1) is 21.2. The van der Waals surface area contributed by atoms with Gasteiger partial charge in [0.05, 0.1) is 49.1 Å². The van der Waals surface area contributed by atoms with Crippen molar-refractivity contribution in [3.05, 3.63) is 126 Å². The first-order valence-electron chi connectivity index (χ1n) is 13.1. The number of hydrogen-bond acceptors (Lipinski definition) is 9. The van der Waals surface area contributed by atoms with Crippen LogP contribution in [-0.4, -0.2) is 33.6 Å². The molecule has 1 amide bonds. The maximum absolute atomic E-state index is 13.3. The molecule has 0 saturated carbocycles. The molecule has 0 radical (unpaired) electrons. The summed E-state index contributed by atoms with van der Waals surface area (Å²) in [6.07, 6.45) is 1.43. The minimum atomic E-state index is -0.756. The van der Waals surface area contributed by atoms with Gasteiger partial charge in [-0.2, -0.15) is 5.10 Å². The molecule has 12 nitrogen and oxygen atoms in total. The Kier molecular flexibility index (Phi) is 9.04. The van der Waals surface area contributed by atoms with Crippen molar-refractivity contribution in [1.82, 2.24) is 10.4 Å². The zero-order valence-electron chi connectivity index (χ0n) is 23.0. The van der Waals surface area contributed by atoms with E-state index in [1.807, 2.05) is 77.2 Å². The number of carbonyl (C=O) groups excluding carboxylic acids is 1. The fraction of sp³-hybridized carbons (Fsp3) is 0.0645. The highest BCUT2D eigenvalue weighted by Crippen LogP contribution is 2.41. The van der Waals surface area contributed by atoms with E-state index in [1.54, 1.807) is 25.1 Å². The summed E-state index contributed by atoms with van der Waals surface area (Å²) >= 11 is 1.98. The second-order valence-corrected chi connectivity index (χ2v) is 10.3. The molecule has 1 heterocycles. The Morgan fingerprint density at radius 2 is 1.70 bits per heavy atom. The number of non-ortho nitro benzene ring substituents is 1. The molecule has 0 fully saturated rings. The first-order valence-corrected chi connectivity index (χ1v) is 14.2. The number of nitro groups is 2. The molecular formula is C31H22IN5O7. The summed E-state index contributed by atoms with van der Waals surface area (Å²) in [7, 11) is 0. The molecule has 5 aromatic rings. The van der Waals surface area contributed by atoms with E-state index in [-0.39, 0.29) is 23.9 Å². The van der Waals surface area contributed by atoms with Gasteiger partial charge in [-0.25, -0.2) is 10.4 Å². The van der Waals surface area contributed by atoms with Gasteiger partial charge in [0.1, 0.15) is 0 Å². The van der Waals surface area contributed by atoms with Crippen LogP contribution in [0.3, 0.4) is 0 Å². The van der Waals surface area contributed by atoms with E-state index in [0.717, 1.165) is 17.7 Å². The molecule has 0 saturated heterocycles. The zero-order chi connectivity index (χ0) is 31.2. The highest BCUT2D eigenvalue weighted by atomic mass is 127. The van der Waals surface area contributed by atoms with Crippen LogP contribution in [0, 0.1) is 23.8 Å². The molecule has 0 unspecified atom stereocenters. The van der Waals surface area contributed by atoms with Crippen molar-refractivity contribution < 1.29 is 24.1 Å². The Morgan fingerprint density at radius 3 is 2.43 bits per heavy atom. The third-order valence-electron chi connectivity index (χ3n) is 6.30. The van der Waals surface area contributed by atoms with Crippen molar-refractivity contribution in [2.24, 2.45) is 5.10 Å². The second kappa shape index (κ2) is 13.2. The van der Waals surface area contributed by atoms with Gasteiger partial charge in [-0.05, 0) is 65.4 Å². The number of para-hydroxylation sites is 1. The van der Waals surface area contributed by atoms with Crippen molar-refractivity contribution in [3.63, 3.8) is 0 Å². The maximum atomic E-state index is 13.3. The fourth-order valence-corrected chi connectivity index (χ4v) is 5.06. The van der Waals surface area contributed by atoms with Crippen LogP contribution < -0.4 is 14.9 Å². The molecule has 1 N–H and O–H groups in total. The quantitative estimate of drug-likeness (QED) is 0.0688. The normalized spacial score (nSPS) is 11.0. The highest BCUT2D eigenvalue weighted by molar-refractivity contribution is 14.1. The Bertz CT molecular complexity index is 1930. The summed E-state index contributed by atoms with van der Waals surface area (Å²) in [5.74, 6) is -0.176. The Morgan fingerprint density at radius 1 is 0.955 bits per heavy atom. The number of nitrogens with one attached hydrogen (secondary N) is 1. The summed E-state index contributed by atoms with van der Waals surface area (Å²) in [5.41, 5.74) is 4.72. The Balaban J connectivity index is 1.41. The number of hydrogen-bond donors (Lipinski definition) is 1. The summed E-state index contributed by atoms with van der Waals surface area (Å²) in [6, 6.07) is 25.0. The average molecular weight is 703 g/mol. The lowest BCUT2D eigenvalue weighted by Crippen LogP contribution is -2.18. The van der Waals surface area contributed by atoms with Crippen LogP contribution in [0.5, 0.6) is 17.2 Å². The lowest BCUT2D eigenvalue weighted by Gasteiger charge is -2.14. The number of ether oxygens (including phenoxy) is 2. The molecule has 5 rings (SSSR count). The number of pyridine rings is 1. The molecular weight excluding hydrogens is 681 g/mol. The molecule has 0 bridgehead atoms. The zero-order valence-corrected chi connectivity index (χ0v) is 25.1. The maximum Gasteiger partial charge on any atom is 0.318 e. The predicted molar refractivity (Wildman–Crippen MR) is 172 cm³/mol. The van der Waals surface area contributed by atoms with E-state index in [9.17, 15) is 25.0 Å². The van der Waals surface area contributed by atoms with Crippen molar-refractivity contribution >= 4 is 57.0 Å². The van der Waals surface area contributed by atoms with Gasteiger partial charge < -0.3 is 9.47 Å². The molecule has 44 heavy (non-hydrogen) atoms. The van der Waals surface area contributed by atoms with Crippen molar-refractivity contribution in [1.29, 1.82) is 0 Å². The van der Waals surface area contributed by atoms with Gasteiger partial charge >= 0.3 is 5.69 Å². The Labute approximate surface area is 263 Å². The standard InChI is InChI=1S/C31H22IN5O7/c1-2-43-29-15-19(14-24(32)30(29)44-28-13-12-21(36(39)40)16-27(28)37(41)42)18-33-35-31(38)23-17-26(20-8-4-3-5-9-20)34-25-11-7-6-10-22(23)25/h3-18H,2H2,1H3,(H,35,38)/b33-18-. The lowest BCUT2D eigenvalue weighted by molar-refractivity contribution is -0.394. The van der Waals surface area contributed by atoms with Crippen LogP contribution in [0.15, 0.2) is 96.1 Å². The molecule has 220 valence electrons. The van der Waals surface area contributed by atoms with E-state index in [0.29, 0.717) is 31.3 Å². The van der Waals surface area contributed by atoms with Gasteiger partial charge in [0, 0.05) is 17.0 Å². The monoisotopic (exact) mass is 703 g/mol. The molecule has 0 aliphatic rings. The molecule has 0 aliphatic heterocycles. The van der Waals surface area contributed by atoms with E-state index in [1.165, 1.54) is 12.3 Å². The number of amides is 1. The Hall–Kier alpha value is -5.44. The molecule has 1 aromatic heterocycles. The van der Waals surface area contributed by atoms with E-state index >= 15 is 0 Å². The minimum absolute atomic E-state index is 0.183. The van der Waals surface area contributed by atoms with Gasteiger partial charge in [0.15, 0.2) is 11.5 Å². The van der Waals surface area contributed by atoms with Crippen molar-refractivity contribution in [2.45, 2.75) is 6.92 Å². The van der Waals surface area contributed by atoms with Crippen molar-refractivity contribution in [3.8, 4) is 28.5 Å². The number of carbonyl (C=O) groups is 1. The van der Waals surface area contributed by atoms with Crippen LogP contribution in [0.4, 0.5) is 11.4 Å². The highest BCUT2D eigenvalue weighted by Gasteiger charge is 2.23. The summed E-state index contributed by atoms with van der Waals surface area (Å²) < 4.78 is 12.1. The average Bonchev–Trinajstić information content (AvgIpc) is 3.02. The first kappa shape index (κ1) is 30.0. The van der Waals surface area contributed by atoms with Gasteiger partial charge in [-0.1, -0.05) is 48.5 Å². The molecule has 0 atom stereocenters. The fourth-order valence-electron chi connectivity index (χ4n) is 4.33. The van der Waals surface area contributed by atoms with Gasteiger partial charge in [-0.3, -0.25) is 25.0 Å². The number of nitro benzene ring substituents is 2. The number of nitrogens with zero attached hydrogens (tertiary/aromatic N) is 4. The minimum Gasteiger partial charge on any atom is -0.490 e. The largest absolute Gasteiger partial charge is 0.490 e. The number of aromatic nitrogens is 1. The lowest BCUT2D eigenvalue weighted by atomic mass is 10.0. The van der Waals surface area contributed by atoms with Crippen LogP contribution in [0.25, 0.3) is 22.2 Å². The van der Waals surface area contributed by atoms with E-state index in [2.05, 4.69) is 10.5 Å². The van der Waals surface area contributed by atoms with Crippen LogP contribution in [-0.2, 0) is 0 Å². The number of halogens is 1. The third kappa shape index (κ3) is 6.62. The molecule has 13 heteroatoms. The van der Waals surface area contributed by atoms with Gasteiger partial charge in [-0.15, -0.1) is 0 Å². The summed E-state index contributed by atoms with van der Waals surface area (Å²) in [5, 5.41) is 27.5. The SMILES string of the molecule is CCOc1cc(/C=N\NC(=O)c2cc(-c3ccccc3)nc3ccccc23)cc(I)c1Oc1ccc([N+](=O)[O-])cc1[N+](=O)[O-]. The van der Waals surface area contributed by atoms with Crippen molar-refractivity contribution in [2.75, 3.05) is 6.61 Å². The number of fused-ring (bicyclic) bond motifs is 1. The smallest absolute Gasteiger partial charge is 0.318 e. The summed E-state index contributed by atoms with van der Waals surface area (Å²) in [6.45, 7) is 2.01. The van der Waals surface area contributed by atoms with E-state index < -0.39 is 27.1 Å². The number of rotatable bonds is 10. The third-order valence-corrected chi connectivity index (χ3v) is 7.11. The number of benzene rings is 4. The van der Waals surface area contributed by atoms with Crippen LogP contribution in [0.2, 0.25) is 0 Å². The van der Waals surface area contributed by atoms with Crippen LogP contribution >= 0.6 is 22.6 Å². The van der Waals surface area contributed by atoms with Gasteiger partial charge in [0.25, 0.3) is 11.6 Å². The second-order valence-electron chi connectivity index (χ2n) is 9.17. The van der Waals surface area contributed by atoms with Crippen LogP contribution in [0.1, 0.15) is 22.8 Å². The predicted octanol–water partition coefficient (Wildman–Crippen LogP) is 7.28. The molecule has 0 spiro atoms. The number of hydrazone groups is 1. The molecule has 0 aliphatic carbocycles.